The highest BCUT2D eigenvalue weighted by molar-refractivity contribution is 7.07. The Kier molecular flexibility index (Phi) is 6.62. The first-order valence-electron chi connectivity index (χ1n) is 7.35. The minimum absolute atomic E-state index is 0.312. The molecular formula is C17H21N3O2S. The predicted molar refractivity (Wildman–Crippen MR) is 94.0 cm³/mol. The van der Waals surface area contributed by atoms with Crippen LogP contribution in [0.1, 0.15) is 21.5 Å². The van der Waals surface area contributed by atoms with E-state index >= 15 is 0 Å². The number of esters is 1. The van der Waals surface area contributed by atoms with Crippen LogP contribution >= 0.6 is 11.3 Å². The van der Waals surface area contributed by atoms with Crippen LogP contribution in [0, 0.1) is 0 Å². The van der Waals surface area contributed by atoms with Gasteiger partial charge in [0.2, 0.25) is 0 Å². The molecule has 2 N–H and O–H groups in total. The minimum atomic E-state index is -0.312. The summed E-state index contributed by atoms with van der Waals surface area (Å²) in [5.41, 5.74) is 2.97. The van der Waals surface area contributed by atoms with Crippen molar-refractivity contribution >= 4 is 23.3 Å². The fourth-order valence-electron chi connectivity index (χ4n) is 2.05. The van der Waals surface area contributed by atoms with E-state index in [1.165, 1.54) is 12.7 Å². The summed E-state index contributed by atoms with van der Waals surface area (Å²) in [5, 5.41) is 10.7. The zero-order valence-corrected chi connectivity index (χ0v) is 14.2. The van der Waals surface area contributed by atoms with E-state index in [2.05, 4.69) is 37.2 Å². The SMILES string of the molecule is CN=C(NCCc1ccc(C(=O)OC)cc1)NCc1ccsc1. The topological polar surface area (TPSA) is 62.7 Å². The molecule has 23 heavy (non-hydrogen) atoms. The normalized spacial score (nSPS) is 11.1. The molecule has 1 aromatic heterocycles. The van der Waals surface area contributed by atoms with Gasteiger partial charge in [-0.25, -0.2) is 4.79 Å². The minimum Gasteiger partial charge on any atom is -0.465 e. The Morgan fingerprint density at radius 1 is 1.17 bits per heavy atom. The molecule has 2 rings (SSSR count). The maximum Gasteiger partial charge on any atom is 0.337 e. The third-order valence-electron chi connectivity index (χ3n) is 3.34. The van der Waals surface area contributed by atoms with Gasteiger partial charge in [0.05, 0.1) is 12.7 Å². The van der Waals surface area contributed by atoms with Gasteiger partial charge in [0.15, 0.2) is 5.96 Å². The average molecular weight is 331 g/mol. The van der Waals surface area contributed by atoms with Crippen molar-refractivity contribution in [3.05, 3.63) is 57.8 Å². The van der Waals surface area contributed by atoms with Gasteiger partial charge in [0.25, 0.3) is 0 Å². The number of guanidine groups is 1. The molecule has 5 nitrogen and oxygen atoms in total. The van der Waals surface area contributed by atoms with E-state index in [4.69, 9.17) is 0 Å². The van der Waals surface area contributed by atoms with Crippen molar-refractivity contribution in [3.8, 4) is 0 Å². The van der Waals surface area contributed by atoms with Crippen molar-refractivity contribution in [3.63, 3.8) is 0 Å². The lowest BCUT2D eigenvalue weighted by Gasteiger charge is -2.11. The van der Waals surface area contributed by atoms with Crippen molar-refractivity contribution in [1.29, 1.82) is 0 Å². The first kappa shape index (κ1) is 17.0. The van der Waals surface area contributed by atoms with Gasteiger partial charge >= 0.3 is 5.97 Å². The summed E-state index contributed by atoms with van der Waals surface area (Å²) in [6.45, 7) is 1.53. The molecule has 0 spiro atoms. The van der Waals surface area contributed by atoms with E-state index in [1.807, 2.05) is 12.1 Å². The number of carbonyl (C=O) groups excluding carboxylic acids is 1. The van der Waals surface area contributed by atoms with E-state index in [0.29, 0.717) is 5.56 Å². The predicted octanol–water partition coefficient (Wildman–Crippen LogP) is 2.44. The molecule has 0 radical (unpaired) electrons. The average Bonchev–Trinajstić information content (AvgIpc) is 3.11. The summed E-state index contributed by atoms with van der Waals surface area (Å²) in [5.74, 6) is 0.468. The lowest BCUT2D eigenvalue weighted by atomic mass is 10.1. The Hall–Kier alpha value is -2.34. The van der Waals surface area contributed by atoms with Crippen molar-refractivity contribution in [2.24, 2.45) is 4.99 Å². The highest BCUT2D eigenvalue weighted by Crippen LogP contribution is 2.06. The molecule has 0 aliphatic carbocycles. The summed E-state index contributed by atoms with van der Waals surface area (Å²) >= 11 is 1.69. The number of rotatable bonds is 6. The number of aliphatic imine (C=N–C) groups is 1. The number of nitrogens with zero attached hydrogens (tertiary/aromatic N) is 1. The number of thiophene rings is 1. The Labute approximate surface area is 140 Å². The van der Waals surface area contributed by atoms with Crippen molar-refractivity contribution < 1.29 is 9.53 Å². The van der Waals surface area contributed by atoms with E-state index < -0.39 is 0 Å². The molecule has 1 aromatic carbocycles. The number of ether oxygens (including phenoxy) is 1. The van der Waals surface area contributed by atoms with Crippen LogP contribution in [0.4, 0.5) is 0 Å². The summed E-state index contributed by atoms with van der Waals surface area (Å²) in [6, 6.07) is 9.54. The summed E-state index contributed by atoms with van der Waals surface area (Å²) in [4.78, 5) is 15.6. The second-order valence-electron chi connectivity index (χ2n) is 4.92. The van der Waals surface area contributed by atoms with Gasteiger partial charge in [0, 0.05) is 20.1 Å². The standard InChI is InChI=1S/C17H21N3O2S/c1-18-17(20-11-14-8-10-23-12-14)19-9-7-13-3-5-15(6-4-13)16(21)22-2/h3-6,8,10,12H,7,9,11H2,1-2H3,(H2,18,19,20). The van der Waals surface area contributed by atoms with Gasteiger partial charge < -0.3 is 15.4 Å². The highest BCUT2D eigenvalue weighted by atomic mass is 32.1. The van der Waals surface area contributed by atoms with Crippen LogP contribution in [0.15, 0.2) is 46.1 Å². The van der Waals surface area contributed by atoms with Crippen LogP contribution in [-0.2, 0) is 17.7 Å². The first-order chi connectivity index (χ1) is 11.2. The van der Waals surface area contributed by atoms with Crippen molar-refractivity contribution in [2.75, 3.05) is 20.7 Å². The molecule has 0 atom stereocenters. The number of methoxy groups -OCH3 is 1. The fraction of sp³-hybridized carbons (Fsp3) is 0.294. The molecule has 0 saturated carbocycles. The number of hydrogen-bond donors (Lipinski definition) is 2. The van der Waals surface area contributed by atoms with Crippen LogP contribution in [0.5, 0.6) is 0 Å². The fourth-order valence-corrected chi connectivity index (χ4v) is 2.72. The number of carbonyl (C=O) groups is 1. The van der Waals surface area contributed by atoms with Crippen LogP contribution < -0.4 is 10.6 Å². The number of nitrogens with one attached hydrogen (secondary N) is 2. The second-order valence-corrected chi connectivity index (χ2v) is 5.70. The van der Waals surface area contributed by atoms with Gasteiger partial charge in [0.1, 0.15) is 0 Å². The molecule has 0 bridgehead atoms. The molecule has 122 valence electrons. The molecular weight excluding hydrogens is 310 g/mol. The lowest BCUT2D eigenvalue weighted by molar-refractivity contribution is 0.0600. The van der Waals surface area contributed by atoms with Gasteiger partial charge in [-0.2, -0.15) is 11.3 Å². The number of benzene rings is 1. The quantitative estimate of drug-likeness (QED) is 0.485. The maximum atomic E-state index is 11.4. The van der Waals surface area contributed by atoms with Gasteiger partial charge in [-0.15, -0.1) is 0 Å². The summed E-state index contributed by atoms with van der Waals surface area (Å²) < 4.78 is 4.69. The first-order valence-corrected chi connectivity index (χ1v) is 8.30. The monoisotopic (exact) mass is 331 g/mol. The van der Waals surface area contributed by atoms with Gasteiger partial charge in [-0.1, -0.05) is 12.1 Å². The van der Waals surface area contributed by atoms with Crippen LogP contribution in [0.25, 0.3) is 0 Å². The molecule has 0 amide bonds. The second kappa shape index (κ2) is 8.95. The van der Waals surface area contributed by atoms with E-state index in [9.17, 15) is 4.79 Å². The van der Waals surface area contributed by atoms with Gasteiger partial charge in [-0.3, -0.25) is 4.99 Å². The Morgan fingerprint density at radius 3 is 2.57 bits per heavy atom. The molecule has 0 aliphatic heterocycles. The number of hydrogen-bond acceptors (Lipinski definition) is 4. The van der Waals surface area contributed by atoms with Crippen molar-refractivity contribution in [2.45, 2.75) is 13.0 Å². The third kappa shape index (κ3) is 5.41. The Bertz CT molecular complexity index is 636. The Balaban J connectivity index is 1.75. The van der Waals surface area contributed by atoms with Crippen molar-refractivity contribution in [1.82, 2.24) is 10.6 Å². The molecule has 2 aromatic rings. The maximum absolute atomic E-state index is 11.4. The molecule has 1 heterocycles. The van der Waals surface area contributed by atoms with Crippen LogP contribution in [-0.4, -0.2) is 32.6 Å². The summed E-state index contributed by atoms with van der Waals surface area (Å²) in [7, 11) is 3.14. The Morgan fingerprint density at radius 2 is 1.96 bits per heavy atom. The van der Waals surface area contributed by atoms with Crippen LogP contribution in [0.2, 0.25) is 0 Å². The van der Waals surface area contributed by atoms with Crippen LogP contribution in [0.3, 0.4) is 0 Å². The molecule has 0 saturated heterocycles. The zero-order chi connectivity index (χ0) is 16.5. The van der Waals surface area contributed by atoms with Gasteiger partial charge in [-0.05, 0) is 46.5 Å². The lowest BCUT2D eigenvalue weighted by Crippen LogP contribution is -2.37. The molecule has 0 unspecified atom stereocenters. The molecule has 0 fully saturated rings. The van der Waals surface area contributed by atoms with E-state index in [-0.39, 0.29) is 5.97 Å². The third-order valence-corrected chi connectivity index (χ3v) is 4.08. The smallest absolute Gasteiger partial charge is 0.337 e. The molecule has 0 aliphatic rings. The largest absolute Gasteiger partial charge is 0.465 e. The zero-order valence-electron chi connectivity index (χ0n) is 13.3. The summed E-state index contributed by atoms with van der Waals surface area (Å²) in [6.07, 6.45) is 0.848. The van der Waals surface area contributed by atoms with E-state index in [0.717, 1.165) is 31.0 Å². The van der Waals surface area contributed by atoms with E-state index in [1.54, 1.807) is 30.5 Å². The highest BCUT2D eigenvalue weighted by Gasteiger charge is 2.04. The molecule has 6 heteroatoms.